The Morgan fingerprint density at radius 1 is 1.17 bits per heavy atom. The van der Waals surface area contributed by atoms with Crippen LogP contribution in [-0.4, -0.2) is 22.2 Å². The fraction of sp³-hybridized carbons (Fsp3) is 0.778. The fourth-order valence-corrected chi connectivity index (χ4v) is 6.67. The van der Waals surface area contributed by atoms with Crippen molar-refractivity contribution < 1.29 is 14.6 Å². The molecule has 2 nitrogen and oxygen atoms in total. The van der Waals surface area contributed by atoms with Crippen LogP contribution in [0.15, 0.2) is 35.5 Å². The maximum atomic E-state index is 13.9. The maximum absolute atomic E-state index is 13.9. The van der Waals surface area contributed by atoms with Gasteiger partial charge in [-0.25, -0.2) is 4.39 Å². The van der Waals surface area contributed by atoms with Gasteiger partial charge < -0.3 is 10.2 Å². The van der Waals surface area contributed by atoms with Crippen LogP contribution < -0.4 is 0 Å². The quantitative estimate of drug-likeness (QED) is 0.461. The summed E-state index contributed by atoms with van der Waals surface area (Å²) in [5.74, 6) is 0.724. The molecule has 0 bridgehead atoms. The van der Waals surface area contributed by atoms with Crippen molar-refractivity contribution in [2.24, 2.45) is 29.1 Å². The second-order valence-electron chi connectivity index (χ2n) is 11.2. The molecule has 0 aromatic rings. The van der Waals surface area contributed by atoms with Crippen LogP contribution in [0, 0.1) is 29.1 Å². The summed E-state index contributed by atoms with van der Waals surface area (Å²) < 4.78 is 13.9. The molecule has 0 radical (unpaired) electrons. The predicted molar refractivity (Wildman–Crippen MR) is 123 cm³/mol. The number of hydrogen-bond donors (Lipinski definition) is 2. The highest BCUT2D eigenvalue weighted by molar-refractivity contribution is 5.38. The molecule has 3 rings (SSSR count). The Bertz CT molecular complexity index is 689. The first kappa shape index (κ1) is 23.7. The number of aliphatic hydroxyl groups is 2. The Morgan fingerprint density at radius 3 is 2.60 bits per heavy atom. The normalized spacial score (nSPS) is 37.7. The summed E-state index contributed by atoms with van der Waals surface area (Å²) in [5.41, 5.74) is 3.36. The molecule has 5 atom stereocenters. The third kappa shape index (κ3) is 4.93. The van der Waals surface area contributed by atoms with E-state index in [0.717, 1.165) is 29.7 Å². The molecule has 3 aliphatic rings. The van der Waals surface area contributed by atoms with Crippen LogP contribution in [0.2, 0.25) is 0 Å². The number of rotatable bonds is 6. The zero-order valence-corrected chi connectivity index (χ0v) is 19.6. The van der Waals surface area contributed by atoms with Crippen molar-refractivity contribution in [2.45, 2.75) is 104 Å². The molecule has 30 heavy (non-hydrogen) atoms. The van der Waals surface area contributed by atoms with Crippen LogP contribution in [0.1, 0.15) is 91.9 Å². The largest absolute Gasteiger partial charge is 0.363 e. The van der Waals surface area contributed by atoms with Gasteiger partial charge in [-0.05, 0) is 72.3 Å². The smallest absolute Gasteiger partial charge is 0.199 e. The van der Waals surface area contributed by atoms with E-state index in [1.54, 1.807) is 0 Å². The molecule has 0 aromatic carbocycles. The van der Waals surface area contributed by atoms with Crippen LogP contribution in [0.4, 0.5) is 4.39 Å². The van der Waals surface area contributed by atoms with Crippen molar-refractivity contribution >= 4 is 0 Å². The number of hydrogen-bond acceptors (Lipinski definition) is 2. The van der Waals surface area contributed by atoms with Gasteiger partial charge in [0, 0.05) is 12.8 Å². The minimum Gasteiger partial charge on any atom is -0.363 e. The van der Waals surface area contributed by atoms with E-state index in [1.807, 2.05) is 6.08 Å². The lowest BCUT2D eigenvalue weighted by molar-refractivity contribution is -0.206. The molecular weight excluding hydrogens is 375 g/mol. The van der Waals surface area contributed by atoms with E-state index in [-0.39, 0.29) is 12.8 Å². The molecular formula is C27H43FO2. The van der Waals surface area contributed by atoms with E-state index in [9.17, 15) is 14.6 Å². The second kappa shape index (κ2) is 9.28. The Morgan fingerprint density at radius 2 is 1.90 bits per heavy atom. The minimum absolute atomic E-state index is 0.000877. The Hall–Kier alpha value is -0.930. The van der Waals surface area contributed by atoms with Gasteiger partial charge in [0.1, 0.15) is 0 Å². The van der Waals surface area contributed by atoms with Gasteiger partial charge in [0.05, 0.1) is 0 Å². The van der Waals surface area contributed by atoms with Crippen molar-refractivity contribution in [2.75, 3.05) is 0 Å². The standard InChI is InChI=1S/C27H43FO2/c1-18(2)8-6-9-19(3)23-13-14-24-21(10-7-15-26(23,24)5)11-12-22-17-27(29,30)25(28)16-20(22)4/h11-12,18-19,23-25,29-30H,4,6-10,13-17H2,1-3,5H3/b21-11?,22-12-/t19-,23-,24?,25?,26-/m1/s1. The molecule has 2 N–H and O–H groups in total. The van der Waals surface area contributed by atoms with Gasteiger partial charge in [-0.3, -0.25) is 0 Å². The van der Waals surface area contributed by atoms with E-state index in [4.69, 9.17) is 0 Å². The lowest BCUT2D eigenvalue weighted by atomic mass is 9.60. The molecule has 3 fully saturated rings. The summed E-state index contributed by atoms with van der Waals surface area (Å²) in [6.07, 6.45) is 12.8. The Labute approximate surface area is 183 Å². The number of halogens is 1. The molecule has 170 valence electrons. The van der Waals surface area contributed by atoms with Gasteiger partial charge in [0.25, 0.3) is 0 Å². The first-order valence-corrected chi connectivity index (χ1v) is 12.2. The Balaban J connectivity index is 1.72. The number of alkyl halides is 1. The van der Waals surface area contributed by atoms with Crippen LogP contribution in [0.3, 0.4) is 0 Å². The first-order valence-electron chi connectivity index (χ1n) is 12.2. The van der Waals surface area contributed by atoms with Crippen molar-refractivity contribution in [1.82, 2.24) is 0 Å². The van der Waals surface area contributed by atoms with Crippen molar-refractivity contribution in [1.29, 1.82) is 0 Å². The third-order valence-electron chi connectivity index (χ3n) is 8.50. The second-order valence-corrected chi connectivity index (χ2v) is 11.2. The summed E-state index contributed by atoms with van der Waals surface area (Å²) in [4.78, 5) is 0. The summed E-state index contributed by atoms with van der Waals surface area (Å²) >= 11 is 0. The first-order chi connectivity index (χ1) is 14.0. The molecule has 0 amide bonds. The molecule has 3 aliphatic carbocycles. The molecule has 0 aliphatic heterocycles. The number of allylic oxidation sites excluding steroid dienone is 4. The average Bonchev–Trinajstić information content (AvgIpc) is 3.01. The molecule has 3 heteroatoms. The maximum Gasteiger partial charge on any atom is 0.199 e. The Kier molecular flexibility index (Phi) is 7.34. The van der Waals surface area contributed by atoms with Gasteiger partial charge in [0.15, 0.2) is 12.0 Å². The van der Waals surface area contributed by atoms with E-state index in [1.165, 1.54) is 50.5 Å². The van der Waals surface area contributed by atoms with Crippen molar-refractivity contribution in [3.63, 3.8) is 0 Å². The summed E-state index contributed by atoms with van der Waals surface area (Å²) in [6.45, 7) is 13.6. The number of fused-ring (bicyclic) bond motifs is 1. The SMILES string of the molecule is C=C1CC(F)C(O)(O)C/C1=C/C=C1CCC[C@@]2(C)C1CC[C@@H]2[C@H](C)CCCC(C)C. The van der Waals surface area contributed by atoms with Gasteiger partial charge in [-0.2, -0.15) is 0 Å². The highest BCUT2D eigenvalue weighted by Crippen LogP contribution is 2.60. The highest BCUT2D eigenvalue weighted by atomic mass is 19.1. The zero-order valence-electron chi connectivity index (χ0n) is 19.6. The fourth-order valence-electron chi connectivity index (χ4n) is 6.67. The van der Waals surface area contributed by atoms with Crippen LogP contribution in [-0.2, 0) is 0 Å². The molecule has 0 aromatic heterocycles. The van der Waals surface area contributed by atoms with Crippen LogP contribution >= 0.6 is 0 Å². The highest BCUT2D eigenvalue weighted by Gasteiger charge is 2.50. The molecule has 2 unspecified atom stereocenters. The summed E-state index contributed by atoms with van der Waals surface area (Å²) in [7, 11) is 0. The molecule has 0 saturated heterocycles. The van der Waals surface area contributed by atoms with E-state index in [0.29, 0.717) is 16.9 Å². The van der Waals surface area contributed by atoms with Crippen molar-refractivity contribution in [3.05, 3.63) is 35.5 Å². The monoisotopic (exact) mass is 418 g/mol. The van der Waals surface area contributed by atoms with Gasteiger partial charge in [-0.1, -0.05) is 71.3 Å². The third-order valence-corrected chi connectivity index (χ3v) is 8.50. The predicted octanol–water partition coefficient (Wildman–Crippen LogP) is 6.89. The van der Waals surface area contributed by atoms with E-state index < -0.39 is 12.0 Å². The van der Waals surface area contributed by atoms with Gasteiger partial charge >= 0.3 is 0 Å². The summed E-state index contributed by atoms with van der Waals surface area (Å²) in [5, 5.41) is 19.9. The molecule has 0 heterocycles. The molecule has 3 saturated carbocycles. The lowest BCUT2D eigenvalue weighted by Crippen LogP contribution is -2.43. The van der Waals surface area contributed by atoms with Gasteiger partial charge in [-0.15, -0.1) is 0 Å². The van der Waals surface area contributed by atoms with Crippen LogP contribution in [0.25, 0.3) is 0 Å². The average molecular weight is 419 g/mol. The van der Waals surface area contributed by atoms with E-state index >= 15 is 0 Å². The topological polar surface area (TPSA) is 40.5 Å². The van der Waals surface area contributed by atoms with Crippen LogP contribution in [0.5, 0.6) is 0 Å². The van der Waals surface area contributed by atoms with Crippen molar-refractivity contribution in [3.8, 4) is 0 Å². The van der Waals surface area contributed by atoms with Gasteiger partial charge in [0.2, 0.25) is 0 Å². The lowest BCUT2D eigenvalue weighted by Gasteiger charge is -2.44. The molecule has 0 spiro atoms. The minimum atomic E-state index is -2.27. The summed E-state index contributed by atoms with van der Waals surface area (Å²) in [6, 6.07) is 0. The zero-order chi connectivity index (χ0) is 22.1. The van der Waals surface area contributed by atoms with E-state index in [2.05, 4.69) is 40.3 Å².